The topological polar surface area (TPSA) is 44.5 Å². The molecule has 2 N–H and O–H groups in total. The van der Waals surface area contributed by atoms with Crippen LogP contribution in [0.2, 0.25) is 0 Å². The lowest BCUT2D eigenvalue weighted by Gasteiger charge is -2.26. The summed E-state index contributed by atoms with van der Waals surface area (Å²) < 4.78 is 10.6. The van der Waals surface area contributed by atoms with Crippen molar-refractivity contribution in [3.63, 3.8) is 0 Å². The van der Waals surface area contributed by atoms with E-state index in [0.29, 0.717) is 12.0 Å². The predicted molar refractivity (Wildman–Crippen MR) is 68.7 cm³/mol. The van der Waals surface area contributed by atoms with Gasteiger partial charge in [-0.15, -0.1) is 0 Å². The molecule has 94 valence electrons. The lowest BCUT2D eigenvalue weighted by molar-refractivity contribution is 0.379. The van der Waals surface area contributed by atoms with Crippen molar-refractivity contribution in [3.8, 4) is 11.5 Å². The van der Waals surface area contributed by atoms with Crippen LogP contribution >= 0.6 is 0 Å². The maximum absolute atomic E-state index is 5.94. The molecule has 0 aliphatic heterocycles. The molecular formula is C14H21NO2. The van der Waals surface area contributed by atoms with Crippen LogP contribution in [-0.2, 0) is 0 Å². The number of ether oxygens (including phenoxy) is 2. The van der Waals surface area contributed by atoms with Gasteiger partial charge in [0, 0.05) is 12.1 Å². The van der Waals surface area contributed by atoms with Gasteiger partial charge in [-0.3, -0.25) is 0 Å². The summed E-state index contributed by atoms with van der Waals surface area (Å²) in [5, 5.41) is 0. The van der Waals surface area contributed by atoms with Gasteiger partial charge in [0.05, 0.1) is 14.2 Å². The van der Waals surface area contributed by atoms with Crippen LogP contribution in [0.25, 0.3) is 0 Å². The van der Waals surface area contributed by atoms with E-state index < -0.39 is 0 Å². The molecule has 0 heterocycles. The van der Waals surface area contributed by atoms with Crippen LogP contribution in [0.15, 0.2) is 18.2 Å². The fraction of sp³-hybridized carbons (Fsp3) is 0.571. The molecular weight excluding hydrogens is 214 g/mol. The molecule has 1 saturated carbocycles. The van der Waals surface area contributed by atoms with Gasteiger partial charge in [-0.2, -0.15) is 0 Å². The number of rotatable bonds is 3. The Hall–Kier alpha value is -1.22. The summed E-state index contributed by atoms with van der Waals surface area (Å²) >= 11 is 0. The summed E-state index contributed by atoms with van der Waals surface area (Å²) in [6.07, 6.45) is 4.56. The van der Waals surface area contributed by atoms with E-state index in [1.165, 1.54) is 5.56 Å². The van der Waals surface area contributed by atoms with Crippen LogP contribution in [0.3, 0.4) is 0 Å². The van der Waals surface area contributed by atoms with Crippen molar-refractivity contribution in [1.82, 2.24) is 0 Å². The molecule has 1 fully saturated rings. The quantitative estimate of drug-likeness (QED) is 0.876. The summed E-state index contributed by atoms with van der Waals surface area (Å²) in [7, 11) is 3.38. The van der Waals surface area contributed by atoms with Crippen molar-refractivity contribution in [1.29, 1.82) is 0 Å². The smallest absolute Gasteiger partial charge is 0.122 e. The van der Waals surface area contributed by atoms with E-state index in [0.717, 1.165) is 37.2 Å². The highest BCUT2D eigenvalue weighted by molar-refractivity contribution is 5.40. The first kappa shape index (κ1) is 12.2. The summed E-state index contributed by atoms with van der Waals surface area (Å²) in [6, 6.07) is 6.53. The number of methoxy groups -OCH3 is 2. The van der Waals surface area contributed by atoms with E-state index in [4.69, 9.17) is 15.2 Å². The minimum absolute atomic E-state index is 0.388. The zero-order valence-corrected chi connectivity index (χ0v) is 10.6. The van der Waals surface area contributed by atoms with E-state index in [2.05, 4.69) is 12.1 Å². The van der Waals surface area contributed by atoms with E-state index in [1.54, 1.807) is 14.2 Å². The van der Waals surface area contributed by atoms with Gasteiger partial charge < -0.3 is 15.2 Å². The second-order valence-electron chi connectivity index (χ2n) is 4.76. The van der Waals surface area contributed by atoms with E-state index in [-0.39, 0.29) is 0 Å². The van der Waals surface area contributed by atoms with Crippen LogP contribution < -0.4 is 15.2 Å². The molecule has 3 nitrogen and oxygen atoms in total. The van der Waals surface area contributed by atoms with Gasteiger partial charge in [0.2, 0.25) is 0 Å². The molecule has 1 aromatic rings. The summed E-state index contributed by atoms with van der Waals surface area (Å²) in [5.41, 5.74) is 7.25. The molecule has 0 saturated heterocycles. The molecule has 1 aliphatic carbocycles. The number of nitrogens with two attached hydrogens (primary N) is 1. The van der Waals surface area contributed by atoms with E-state index in [9.17, 15) is 0 Å². The Bertz CT molecular complexity index is 348. The van der Waals surface area contributed by atoms with Crippen LogP contribution in [0.4, 0.5) is 0 Å². The summed E-state index contributed by atoms with van der Waals surface area (Å²) in [5.74, 6) is 2.34. The average molecular weight is 235 g/mol. The van der Waals surface area contributed by atoms with Gasteiger partial charge in [-0.25, -0.2) is 0 Å². The van der Waals surface area contributed by atoms with E-state index >= 15 is 0 Å². The third kappa shape index (κ3) is 2.91. The van der Waals surface area contributed by atoms with Gasteiger partial charge in [0.1, 0.15) is 11.5 Å². The second kappa shape index (κ2) is 5.41. The third-order valence-corrected chi connectivity index (χ3v) is 3.62. The number of hydrogen-bond donors (Lipinski definition) is 1. The number of hydrogen-bond acceptors (Lipinski definition) is 3. The van der Waals surface area contributed by atoms with Gasteiger partial charge in [0.25, 0.3) is 0 Å². The molecule has 1 aromatic carbocycles. The van der Waals surface area contributed by atoms with Gasteiger partial charge >= 0.3 is 0 Å². The van der Waals surface area contributed by atoms with Crippen LogP contribution in [-0.4, -0.2) is 20.3 Å². The molecule has 2 rings (SSSR count). The Morgan fingerprint density at radius 3 is 1.94 bits per heavy atom. The van der Waals surface area contributed by atoms with Gasteiger partial charge in [0.15, 0.2) is 0 Å². The molecule has 0 unspecified atom stereocenters. The fourth-order valence-corrected chi connectivity index (χ4v) is 2.52. The molecule has 0 spiro atoms. The number of benzene rings is 1. The fourth-order valence-electron chi connectivity index (χ4n) is 2.52. The summed E-state index contributed by atoms with van der Waals surface area (Å²) in [4.78, 5) is 0. The molecule has 0 bridgehead atoms. The Kier molecular flexibility index (Phi) is 3.89. The zero-order valence-electron chi connectivity index (χ0n) is 10.6. The minimum atomic E-state index is 0.388. The Balaban J connectivity index is 2.19. The van der Waals surface area contributed by atoms with Crippen molar-refractivity contribution in [2.24, 2.45) is 5.73 Å². The molecule has 0 aromatic heterocycles. The average Bonchev–Trinajstić information content (AvgIpc) is 2.39. The highest BCUT2D eigenvalue weighted by Crippen LogP contribution is 2.35. The van der Waals surface area contributed by atoms with Crippen LogP contribution in [0.5, 0.6) is 11.5 Å². The largest absolute Gasteiger partial charge is 0.497 e. The SMILES string of the molecule is COc1cc(OC)cc(C2CCC(N)CC2)c1. The van der Waals surface area contributed by atoms with Crippen molar-refractivity contribution in [2.45, 2.75) is 37.6 Å². The van der Waals surface area contributed by atoms with Gasteiger partial charge in [-0.05, 0) is 49.3 Å². The van der Waals surface area contributed by atoms with Crippen LogP contribution in [0, 0.1) is 0 Å². The van der Waals surface area contributed by atoms with Crippen molar-refractivity contribution < 1.29 is 9.47 Å². The maximum atomic E-state index is 5.94. The van der Waals surface area contributed by atoms with Crippen LogP contribution in [0.1, 0.15) is 37.2 Å². The highest BCUT2D eigenvalue weighted by atomic mass is 16.5. The Labute approximate surface area is 103 Å². The molecule has 0 amide bonds. The predicted octanol–water partition coefficient (Wildman–Crippen LogP) is 2.69. The Morgan fingerprint density at radius 2 is 1.47 bits per heavy atom. The first-order valence-electron chi connectivity index (χ1n) is 6.21. The maximum Gasteiger partial charge on any atom is 0.122 e. The molecule has 1 aliphatic rings. The highest BCUT2D eigenvalue weighted by Gasteiger charge is 2.20. The molecule has 3 heteroatoms. The summed E-state index contributed by atoms with van der Waals surface area (Å²) in [6.45, 7) is 0. The molecule has 0 atom stereocenters. The zero-order chi connectivity index (χ0) is 12.3. The first-order valence-corrected chi connectivity index (χ1v) is 6.21. The van der Waals surface area contributed by atoms with Crippen molar-refractivity contribution >= 4 is 0 Å². The molecule has 17 heavy (non-hydrogen) atoms. The lowest BCUT2D eigenvalue weighted by atomic mass is 9.82. The Morgan fingerprint density at radius 1 is 0.941 bits per heavy atom. The lowest BCUT2D eigenvalue weighted by Crippen LogP contribution is -2.25. The monoisotopic (exact) mass is 235 g/mol. The third-order valence-electron chi connectivity index (χ3n) is 3.62. The standard InChI is InChI=1S/C14H21NO2/c1-16-13-7-11(8-14(9-13)17-2)10-3-5-12(15)6-4-10/h7-10,12H,3-6,15H2,1-2H3. The van der Waals surface area contributed by atoms with Gasteiger partial charge in [-0.1, -0.05) is 0 Å². The molecule has 0 radical (unpaired) electrons. The van der Waals surface area contributed by atoms with Crippen molar-refractivity contribution in [2.75, 3.05) is 14.2 Å². The van der Waals surface area contributed by atoms with E-state index in [1.807, 2.05) is 6.07 Å². The normalized spacial score (nSPS) is 24.4. The van der Waals surface area contributed by atoms with Crippen molar-refractivity contribution in [3.05, 3.63) is 23.8 Å². The minimum Gasteiger partial charge on any atom is -0.497 e. The first-order chi connectivity index (χ1) is 8.22. The second-order valence-corrected chi connectivity index (χ2v) is 4.76.